The number of rotatable bonds is 5. The molecule has 1 fully saturated rings. The summed E-state index contributed by atoms with van der Waals surface area (Å²) in [5.74, 6) is -1.76. The molecule has 0 aromatic carbocycles. The van der Waals surface area contributed by atoms with Crippen LogP contribution in [0, 0.1) is 23.2 Å². The summed E-state index contributed by atoms with van der Waals surface area (Å²) in [6.07, 6.45) is 4.35. The molecule has 1 aliphatic rings. The van der Waals surface area contributed by atoms with Gasteiger partial charge in [0.15, 0.2) is 0 Å². The van der Waals surface area contributed by atoms with Crippen LogP contribution in [0.2, 0.25) is 0 Å². The lowest BCUT2D eigenvalue weighted by Crippen LogP contribution is -2.38. The van der Waals surface area contributed by atoms with E-state index in [1.165, 1.54) is 0 Å². The highest BCUT2D eigenvalue weighted by Crippen LogP contribution is 2.24. The summed E-state index contributed by atoms with van der Waals surface area (Å²) in [5, 5.41) is 12.7. The van der Waals surface area contributed by atoms with E-state index >= 15 is 0 Å². The van der Waals surface area contributed by atoms with Gasteiger partial charge >= 0.3 is 0 Å². The molecule has 19 heavy (non-hydrogen) atoms. The van der Waals surface area contributed by atoms with E-state index < -0.39 is 11.8 Å². The number of ketones is 2. The highest BCUT2D eigenvalue weighted by atomic mass is 16.6. The van der Waals surface area contributed by atoms with Crippen molar-refractivity contribution >= 4 is 17.3 Å². The molecule has 0 saturated heterocycles. The molecule has 1 saturated carbocycles. The molecule has 0 aromatic heterocycles. The van der Waals surface area contributed by atoms with Crippen molar-refractivity contribution in [1.29, 1.82) is 5.26 Å². The van der Waals surface area contributed by atoms with E-state index in [-0.39, 0.29) is 24.4 Å². The normalized spacial score (nSPS) is 24.6. The minimum absolute atomic E-state index is 0.126. The van der Waals surface area contributed by atoms with Crippen LogP contribution < -0.4 is 0 Å². The molecule has 0 spiro atoms. The summed E-state index contributed by atoms with van der Waals surface area (Å²) in [4.78, 5) is 28.9. The lowest BCUT2D eigenvalue weighted by atomic mass is 9.78. The summed E-state index contributed by atoms with van der Waals surface area (Å²) in [6, 6.07) is 1.98. The highest BCUT2D eigenvalue weighted by Gasteiger charge is 2.38. The minimum atomic E-state index is -0.819. The maximum atomic E-state index is 11.9. The van der Waals surface area contributed by atoms with Crippen LogP contribution in [-0.2, 0) is 14.4 Å². The molecule has 0 aromatic rings. The summed E-state index contributed by atoms with van der Waals surface area (Å²) >= 11 is 0. The molecule has 102 valence electrons. The average Bonchev–Trinajstić information content (AvgIpc) is 2.40. The Labute approximate surface area is 112 Å². The van der Waals surface area contributed by atoms with E-state index in [1.807, 2.05) is 26.0 Å². The smallest absolute Gasteiger partial charge is 0.150 e. The first-order valence-corrected chi connectivity index (χ1v) is 6.38. The Morgan fingerprint density at radius 3 is 2.58 bits per heavy atom. The molecule has 0 radical (unpaired) electrons. The van der Waals surface area contributed by atoms with Gasteiger partial charge in [0.2, 0.25) is 0 Å². The number of hydrogen-bond acceptors (Lipinski definition) is 5. The monoisotopic (exact) mass is 262 g/mol. The molecule has 5 nitrogen and oxygen atoms in total. The van der Waals surface area contributed by atoms with Crippen molar-refractivity contribution in [2.45, 2.75) is 33.1 Å². The number of hydrogen-bond donors (Lipinski definition) is 0. The van der Waals surface area contributed by atoms with Crippen molar-refractivity contribution in [3.8, 4) is 6.07 Å². The molecule has 1 aliphatic carbocycles. The Morgan fingerprint density at radius 1 is 1.47 bits per heavy atom. The Balaban J connectivity index is 2.78. The maximum absolute atomic E-state index is 11.9. The van der Waals surface area contributed by atoms with E-state index in [0.717, 1.165) is 0 Å². The fourth-order valence-corrected chi connectivity index (χ4v) is 2.02. The van der Waals surface area contributed by atoms with E-state index in [2.05, 4.69) is 5.16 Å². The number of carbonyl (C=O) groups is 2. The Kier molecular flexibility index (Phi) is 5.94. The summed E-state index contributed by atoms with van der Waals surface area (Å²) in [7, 11) is 0. The molecule has 0 heterocycles. The molecular formula is C14H18N2O3. The van der Waals surface area contributed by atoms with Gasteiger partial charge in [-0.3, -0.25) is 9.59 Å². The fourth-order valence-electron chi connectivity index (χ4n) is 2.02. The number of nitrogens with zero attached hydrogens (tertiary/aromatic N) is 2. The zero-order chi connectivity index (χ0) is 14.3. The van der Waals surface area contributed by atoms with Gasteiger partial charge in [-0.05, 0) is 19.4 Å². The second-order valence-electron chi connectivity index (χ2n) is 4.40. The van der Waals surface area contributed by atoms with Gasteiger partial charge in [0.1, 0.15) is 24.1 Å². The number of carbonyl (C=O) groups excluding carboxylic acids is 2. The topological polar surface area (TPSA) is 79.5 Å². The van der Waals surface area contributed by atoms with Gasteiger partial charge < -0.3 is 4.84 Å². The van der Waals surface area contributed by atoms with Gasteiger partial charge in [0, 0.05) is 12.8 Å². The van der Waals surface area contributed by atoms with Crippen LogP contribution in [0.4, 0.5) is 0 Å². The van der Waals surface area contributed by atoms with Gasteiger partial charge in [0.25, 0.3) is 0 Å². The Morgan fingerprint density at radius 2 is 2.11 bits per heavy atom. The lowest BCUT2D eigenvalue weighted by Gasteiger charge is -2.22. The third-order valence-electron chi connectivity index (χ3n) is 3.01. The third kappa shape index (κ3) is 4.02. The van der Waals surface area contributed by atoms with E-state index in [0.29, 0.717) is 18.7 Å². The largest absolute Gasteiger partial charge is 0.392 e. The van der Waals surface area contributed by atoms with Crippen molar-refractivity contribution in [3.63, 3.8) is 0 Å². The van der Waals surface area contributed by atoms with Gasteiger partial charge in [-0.25, -0.2) is 0 Å². The molecule has 0 amide bonds. The van der Waals surface area contributed by atoms with Crippen LogP contribution in [0.5, 0.6) is 0 Å². The number of Topliss-reactive ketones (excluding diaryl/α,β-unsaturated/α-hetero) is 2. The number of nitriles is 1. The Hall–Kier alpha value is -1.96. The molecule has 0 unspecified atom stereocenters. The van der Waals surface area contributed by atoms with E-state index in [1.54, 1.807) is 6.08 Å². The first-order chi connectivity index (χ1) is 9.13. The van der Waals surface area contributed by atoms with Gasteiger partial charge in [-0.1, -0.05) is 18.2 Å². The summed E-state index contributed by atoms with van der Waals surface area (Å²) in [5.41, 5.74) is 0.455. The second-order valence-corrected chi connectivity index (χ2v) is 4.40. The van der Waals surface area contributed by atoms with E-state index in [4.69, 9.17) is 10.1 Å². The van der Waals surface area contributed by atoms with Crippen LogP contribution >= 0.6 is 0 Å². The molecule has 0 N–H and O–H groups in total. The minimum Gasteiger partial charge on any atom is -0.392 e. The van der Waals surface area contributed by atoms with Crippen molar-refractivity contribution in [2.24, 2.45) is 17.0 Å². The molecule has 0 bridgehead atoms. The van der Waals surface area contributed by atoms with Crippen LogP contribution in [0.15, 0.2) is 17.3 Å². The Bertz CT molecular complexity index is 428. The SMILES string of the molecule is CC=CCON=C(CC)C1C(=O)CC(C#N)CC1=O. The maximum Gasteiger partial charge on any atom is 0.150 e. The van der Waals surface area contributed by atoms with Crippen LogP contribution in [0.25, 0.3) is 0 Å². The first kappa shape index (κ1) is 15.1. The number of oxime groups is 1. The van der Waals surface area contributed by atoms with Crippen molar-refractivity contribution in [2.75, 3.05) is 6.61 Å². The van der Waals surface area contributed by atoms with Crippen LogP contribution in [-0.4, -0.2) is 23.9 Å². The number of allylic oxidation sites excluding steroid dienone is 1. The molecule has 5 heteroatoms. The van der Waals surface area contributed by atoms with Gasteiger partial charge in [0.05, 0.1) is 17.7 Å². The molecule has 0 atom stereocenters. The zero-order valence-corrected chi connectivity index (χ0v) is 11.3. The molecule has 0 aliphatic heterocycles. The third-order valence-corrected chi connectivity index (χ3v) is 3.01. The average molecular weight is 262 g/mol. The van der Waals surface area contributed by atoms with Crippen LogP contribution in [0.3, 0.4) is 0 Å². The highest BCUT2D eigenvalue weighted by molar-refractivity contribution is 6.22. The predicted molar refractivity (Wildman–Crippen MR) is 70.3 cm³/mol. The van der Waals surface area contributed by atoms with E-state index in [9.17, 15) is 9.59 Å². The standard InChI is InChI=1S/C14H18N2O3/c1-3-5-6-19-16-11(4-2)14-12(17)7-10(9-15)8-13(14)18/h3,5,10,14H,4,6-8H2,1-2H3. The first-order valence-electron chi connectivity index (χ1n) is 6.38. The lowest BCUT2D eigenvalue weighted by molar-refractivity contribution is -0.133. The zero-order valence-electron chi connectivity index (χ0n) is 11.3. The van der Waals surface area contributed by atoms with Crippen molar-refractivity contribution in [1.82, 2.24) is 0 Å². The summed E-state index contributed by atoms with van der Waals surface area (Å²) < 4.78 is 0. The van der Waals surface area contributed by atoms with Crippen molar-refractivity contribution in [3.05, 3.63) is 12.2 Å². The summed E-state index contributed by atoms with van der Waals surface area (Å²) in [6.45, 7) is 4.01. The fraction of sp³-hybridized carbons (Fsp3) is 0.571. The quantitative estimate of drug-likeness (QED) is 0.250. The molecular weight excluding hydrogens is 244 g/mol. The van der Waals surface area contributed by atoms with Gasteiger partial charge in [-0.15, -0.1) is 0 Å². The van der Waals surface area contributed by atoms with Crippen LogP contribution in [0.1, 0.15) is 33.1 Å². The van der Waals surface area contributed by atoms with Gasteiger partial charge in [-0.2, -0.15) is 5.26 Å². The molecule has 1 rings (SSSR count). The second kappa shape index (κ2) is 7.47. The van der Waals surface area contributed by atoms with Crippen molar-refractivity contribution < 1.29 is 14.4 Å². The predicted octanol–water partition coefficient (Wildman–Crippen LogP) is 2.03.